The van der Waals surface area contributed by atoms with Crippen molar-refractivity contribution in [2.24, 2.45) is 0 Å². The lowest BCUT2D eigenvalue weighted by molar-refractivity contribution is -0.131. The van der Waals surface area contributed by atoms with Gasteiger partial charge in [-0.3, -0.25) is 0 Å². The first kappa shape index (κ1) is 16.4. The maximum atomic E-state index is 10.6. The Balaban J connectivity index is 2.16. The predicted octanol–water partition coefficient (Wildman–Crippen LogP) is 3.38. The van der Waals surface area contributed by atoms with Crippen LogP contribution < -0.4 is 14.2 Å². The molecule has 2 aromatic rings. The second-order valence-electron chi connectivity index (χ2n) is 4.71. The molecule has 0 saturated heterocycles. The Labute approximate surface area is 134 Å². The molecule has 0 aliphatic heterocycles. The molecule has 1 N–H and O–H groups in total. The first-order chi connectivity index (χ1) is 11.1. The number of carboxylic acid groups (broad SMARTS) is 1. The molecule has 0 aromatic heterocycles. The third-order valence-electron chi connectivity index (χ3n) is 3.16. The molecule has 0 fully saturated rings. The van der Waals surface area contributed by atoms with Gasteiger partial charge in [-0.25, -0.2) is 4.79 Å². The Bertz CT molecular complexity index is 706. The summed E-state index contributed by atoms with van der Waals surface area (Å²) in [6, 6.07) is 12.7. The number of benzene rings is 2. The number of hydrogen-bond acceptors (Lipinski definition) is 4. The highest BCUT2D eigenvalue weighted by molar-refractivity contribution is 5.85. The predicted molar refractivity (Wildman–Crippen MR) is 87.0 cm³/mol. The summed E-state index contributed by atoms with van der Waals surface area (Å²) in [5.41, 5.74) is 1.58. The van der Waals surface area contributed by atoms with Gasteiger partial charge in [0.2, 0.25) is 0 Å². The van der Waals surface area contributed by atoms with E-state index in [4.69, 9.17) is 19.3 Å². The van der Waals surface area contributed by atoms with Crippen molar-refractivity contribution in [3.8, 4) is 17.2 Å². The van der Waals surface area contributed by atoms with E-state index in [1.54, 1.807) is 32.4 Å². The number of ether oxygens (including phenoxy) is 3. The lowest BCUT2D eigenvalue weighted by Gasteiger charge is -2.12. The normalized spacial score (nSPS) is 10.5. The third kappa shape index (κ3) is 4.78. The maximum Gasteiger partial charge on any atom is 0.328 e. The van der Waals surface area contributed by atoms with E-state index in [0.29, 0.717) is 23.9 Å². The zero-order valence-corrected chi connectivity index (χ0v) is 13.0. The molecule has 0 radical (unpaired) electrons. The number of aliphatic carboxylic acids is 1. The zero-order chi connectivity index (χ0) is 16.7. The first-order valence-corrected chi connectivity index (χ1v) is 6.97. The zero-order valence-electron chi connectivity index (χ0n) is 13.0. The van der Waals surface area contributed by atoms with Crippen molar-refractivity contribution in [1.29, 1.82) is 0 Å². The molecule has 2 aromatic carbocycles. The van der Waals surface area contributed by atoms with Crippen LogP contribution in [0.4, 0.5) is 0 Å². The van der Waals surface area contributed by atoms with Gasteiger partial charge in [-0.1, -0.05) is 12.1 Å². The van der Waals surface area contributed by atoms with Gasteiger partial charge in [0.1, 0.15) is 23.9 Å². The van der Waals surface area contributed by atoms with Crippen molar-refractivity contribution >= 4 is 12.0 Å². The van der Waals surface area contributed by atoms with Crippen LogP contribution in [0.5, 0.6) is 17.2 Å². The van der Waals surface area contributed by atoms with Gasteiger partial charge in [0.05, 0.1) is 14.2 Å². The molecule has 0 unspecified atom stereocenters. The van der Waals surface area contributed by atoms with Gasteiger partial charge in [-0.2, -0.15) is 0 Å². The fraction of sp³-hybridized carbons (Fsp3) is 0.167. The molecule has 0 atom stereocenters. The van der Waals surface area contributed by atoms with Crippen LogP contribution >= 0.6 is 0 Å². The second kappa shape index (κ2) is 7.89. The lowest BCUT2D eigenvalue weighted by atomic mass is 10.1. The van der Waals surface area contributed by atoms with Crippen molar-refractivity contribution in [1.82, 2.24) is 0 Å². The molecule has 0 aliphatic carbocycles. The van der Waals surface area contributed by atoms with Crippen LogP contribution in [0.1, 0.15) is 11.1 Å². The number of carboxylic acids is 1. The van der Waals surface area contributed by atoms with Gasteiger partial charge >= 0.3 is 5.97 Å². The maximum absolute atomic E-state index is 10.6. The molecular formula is C18H18O5. The average molecular weight is 314 g/mol. The summed E-state index contributed by atoms with van der Waals surface area (Å²) in [6.07, 6.45) is 2.62. The van der Waals surface area contributed by atoms with Crippen molar-refractivity contribution < 1.29 is 24.1 Å². The highest BCUT2D eigenvalue weighted by atomic mass is 16.5. The standard InChI is InChI=1S/C18H18O5/c1-21-15-4-3-5-16(11-15)23-12-14-10-13(7-9-18(19)20)6-8-17(14)22-2/h3-11H,12H2,1-2H3,(H,19,20)/b9-7+. The summed E-state index contributed by atoms with van der Waals surface area (Å²) >= 11 is 0. The molecule has 0 amide bonds. The SMILES string of the molecule is COc1cccc(OCc2cc(/C=C/C(=O)O)ccc2OC)c1. The van der Waals surface area contributed by atoms with Crippen LogP contribution in [-0.4, -0.2) is 25.3 Å². The van der Waals surface area contributed by atoms with E-state index in [1.165, 1.54) is 6.08 Å². The van der Waals surface area contributed by atoms with Gasteiger partial charge in [-0.15, -0.1) is 0 Å². The van der Waals surface area contributed by atoms with Crippen molar-refractivity contribution in [3.05, 3.63) is 59.7 Å². The van der Waals surface area contributed by atoms with E-state index in [9.17, 15) is 4.79 Å². The summed E-state index contributed by atoms with van der Waals surface area (Å²) in [7, 11) is 3.18. The van der Waals surface area contributed by atoms with E-state index >= 15 is 0 Å². The monoisotopic (exact) mass is 314 g/mol. The van der Waals surface area contributed by atoms with Gasteiger partial charge in [0, 0.05) is 17.7 Å². The largest absolute Gasteiger partial charge is 0.497 e. The fourth-order valence-electron chi connectivity index (χ4n) is 2.03. The smallest absolute Gasteiger partial charge is 0.328 e. The van der Waals surface area contributed by atoms with Crippen LogP contribution in [0.2, 0.25) is 0 Å². The van der Waals surface area contributed by atoms with Gasteiger partial charge in [0.15, 0.2) is 0 Å². The highest BCUT2D eigenvalue weighted by Gasteiger charge is 2.06. The van der Waals surface area contributed by atoms with Gasteiger partial charge in [-0.05, 0) is 35.9 Å². The minimum atomic E-state index is -0.991. The van der Waals surface area contributed by atoms with Crippen molar-refractivity contribution in [3.63, 3.8) is 0 Å². The second-order valence-corrected chi connectivity index (χ2v) is 4.71. The summed E-state index contributed by atoms with van der Waals surface area (Å²) in [4.78, 5) is 10.6. The Morgan fingerprint density at radius 2 is 1.87 bits per heavy atom. The minimum absolute atomic E-state index is 0.297. The molecule has 0 heterocycles. The Kier molecular flexibility index (Phi) is 5.63. The molecular weight excluding hydrogens is 296 g/mol. The van der Waals surface area contributed by atoms with Gasteiger partial charge in [0.25, 0.3) is 0 Å². The molecule has 120 valence electrons. The Morgan fingerprint density at radius 1 is 1.09 bits per heavy atom. The molecule has 0 aliphatic rings. The molecule has 2 rings (SSSR count). The number of hydrogen-bond donors (Lipinski definition) is 1. The van der Waals surface area contributed by atoms with Gasteiger partial charge < -0.3 is 19.3 Å². The van der Waals surface area contributed by atoms with Crippen LogP contribution in [0.3, 0.4) is 0 Å². The quantitative estimate of drug-likeness (QED) is 0.794. The number of carbonyl (C=O) groups is 1. The summed E-state index contributed by atoms with van der Waals surface area (Å²) in [5.74, 6) is 1.08. The number of methoxy groups -OCH3 is 2. The average Bonchev–Trinajstić information content (AvgIpc) is 2.58. The Morgan fingerprint density at radius 3 is 2.57 bits per heavy atom. The van der Waals surface area contributed by atoms with Crippen molar-refractivity contribution in [2.75, 3.05) is 14.2 Å². The summed E-state index contributed by atoms with van der Waals surface area (Å²) in [6.45, 7) is 0.297. The van der Waals surface area contributed by atoms with Crippen LogP contribution in [0, 0.1) is 0 Å². The molecule has 23 heavy (non-hydrogen) atoms. The van der Waals surface area contributed by atoms with Crippen LogP contribution in [-0.2, 0) is 11.4 Å². The van der Waals surface area contributed by atoms with E-state index in [-0.39, 0.29) is 0 Å². The van der Waals surface area contributed by atoms with E-state index < -0.39 is 5.97 Å². The van der Waals surface area contributed by atoms with Crippen LogP contribution in [0.25, 0.3) is 6.08 Å². The molecule has 0 saturated carbocycles. The minimum Gasteiger partial charge on any atom is -0.497 e. The lowest BCUT2D eigenvalue weighted by Crippen LogP contribution is -1.99. The number of rotatable bonds is 7. The topological polar surface area (TPSA) is 65.0 Å². The third-order valence-corrected chi connectivity index (χ3v) is 3.16. The fourth-order valence-corrected chi connectivity index (χ4v) is 2.03. The van der Waals surface area contributed by atoms with Crippen LogP contribution in [0.15, 0.2) is 48.5 Å². The summed E-state index contributed by atoms with van der Waals surface area (Å²) in [5, 5.41) is 8.70. The molecule has 5 nitrogen and oxygen atoms in total. The van der Waals surface area contributed by atoms with Crippen molar-refractivity contribution in [2.45, 2.75) is 6.61 Å². The Hall–Kier alpha value is -2.95. The summed E-state index contributed by atoms with van der Waals surface area (Å²) < 4.78 is 16.2. The molecule has 0 bridgehead atoms. The van der Waals surface area contributed by atoms with E-state index in [0.717, 1.165) is 17.2 Å². The molecule has 0 spiro atoms. The van der Waals surface area contributed by atoms with E-state index in [2.05, 4.69) is 0 Å². The highest BCUT2D eigenvalue weighted by Crippen LogP contribution is 2.24. The van der Waals surface area contributed by atoms with E-state index in [1.807, 2.05) is 24.3 Å². The molecule has 5 heteroatoms. The first-order valence-electron chi connectivity index (χ1n) is 6.97.